The van der Waals surface area contributed by atoms with Crippen molar-refractivity contribution in [2.75, 3.05) is 17.2 Å². The van der Waals surface area contributed by atoms with Gasteiger partial charge in [-0.1, -0.05) is 17.7 Å². The van der Waals surface area contributed by atoms with E-state index in [-0.39, 0.29) is 23.6 Å². The lowest BCUT2D eigenvalue weighted by molar-refractivity contribution is -0.384. The van der Waals surface area contributed by atoms with Crippen molar-refractivity contribution < 1.29 is 22.9 Å². The predicted octanol–water partition coefficient (Wildman–Crippen LogP) is 4.63. The van der Waals surface area contributed by atoms with Crippen molar-refractivity contribution in [3.8, 4) is 0 Å². The molecule has 6 nitrogen and oxygen atoms in total. The van der Waals surface area contributed by atoms with Crippen molar-refractivity contribution in [3.63, 3.8) is 0 Å². The van der Waals surface area contributed by atoms with Crippen LogP contribution in [-0.4, -0.2) is 17.4 Å². The number of hydrogen-bond donors (Lipinski definition) is 2. The van der Waals surface area contributed by atoms with Crippen LogP contribution < -0.4 is 10.6 Å². The Morgan fingerprint density at radius 1 is 1.23 bits per heavy atom. The molecule has 0 heterocycles. The zero-order valence-corrected chi connectivity index (χ0v) is 14.1. The van der Waals surface area contributed by atoms with Crippen molar-refractivity contribution in [3.05, 3.63) is 62.7 Å². The third-order valence-electron chi connectivity index (χ3n) is 3.35. The fraction of sp³-hybridized carbons (Fsp3) is 0.188. The fourth-order valence-electron chi connectivity index (χ4n) is 2.13. The molecule has 0 aliphatic heterocycles. The van der Waals surface area contributed by atoms with Crippen LogP contribution in [0.15, 0.2) is 36.4 Å². The summed E-state index contributed by atoms with van der Waals surface area (Å²) in [7, 11) is 0. The van der Waals surface area contributed by atoms with E-state index in [1.54, 1.807) is 13.0 Å². The second-order valence-electron chi connectivity index (χ2n) is 5.37. The smallest absolute Gasteiger partial charge is 0.376 e. The molecule has 0 spiro atoms. The first-order valence-electron chi connectivity index (χ1n) is 7.23. The second-order valence-corrected chi connectivity index (χ2v) is 5.78. The molecule has 0 fully saturated rings. The SMILES string of the molecule is Cc1ccc(NC(=O)CNc2ccc(Cl)c(C(F)(F)F)c2)c([N+](=O)[O-])c1. The van der Waals surface area contributed by atoms with Gasteiger partial charge in [0.05, 0.1) is 22.1 Å². The Morgan fingerprint density at radius 3 is 2.54 bits per heavy atom. The topological polar surface area (TPSA) is 84.3 Å². The second kappa shape index (κ2) is 7.61. The summed E-state index contributed by atoms with van der Waals surface area (Å²) in [5.41, 5.74) is -0.619. The van der Waals surface area contributed by atoms with Gasteiger partial charge in [0.1, 0.15) is 5.69 Å². The van der Waals surface area contributed by atoms with Crippen LogP contribution in [0.3, 0.4) is 0 Å². The number of anilines is 2. The summed E-state index contributed by atoms with van der Waals surface area (Å²) in [5, 5.41) is 15.4. The molecule has 0 atom stereocenters. The maximum Gasteiger partial charge on any atom is 0.417 e. The van der Waals surface area contributed by atoms with E-state index < -0.39 is 27.6 Å². The highest BCUT2D eigenvalue weighted by molar-refractivity contribution is 6.31. The van der Waals surface area contributed by atoms with Gasteiger partial charge in [-0.25, -0.2) is 0 Å². The molecule has 0 radical (unpaired) electrons. The minimum Gasteiger partial charge on any atom is -0.376 e. The highest BCUT2D eigenvalue weighted by atomic mass is 35.5. The number of nitrogens with zero attached hydrogens (tertiary/aromatic N) is 1. The molecule has 2 aromatic carbocycles. The van der Waals surface area contributed by atoms with Gasteiger partial charge in [-0.3, -0.25) is 14.9 Å². The minimum absolute atomic E-state index is 0.000475. The number of carbonyl (C=O) groups is 1. The molecular formula is C16H13ClF3N3O3. The summed E-state index contributed by atoms with van der Waals surface area (Å²) in [6.07, 6.45) is -4.63. The molecule has 0 unspecified atom stereocenters. The number of nitro benzene ring substituents is 1. The van der Waals surface area contributed by atoms with Crippen molar-refractivity contribution in [1.82, 2.24) is 0 Å². The summed E-state index contributed by atoms with van der Waals surface area (Å²) in [6.45, 7) is 1.28. The third-order valence-corrected chi connectivity index (χ3v) is 3.68. The Bertz CT molecular complexity index is 856. The van der Waals surface area contributed by atoms with Gasteiger partial charge in [-0.05, 0) is 36.8 Å². The van der Waals surface area contributed by atoms with Crippen molar-refractivity contribution in [2.45, 2.75) is 13.1 Å². The Hall–Kier alpha value is -2.81. The van der Waals surface area contributed by atoms with Crippen LogP contribution in [0.4, 0.5) is 30.2 Å². The number of amides is 1. The highest BCUT2D eigenvalue weighted by Crippen LogP contribution is 2.36. The number of halogens is 4. The standard InChI is InChI=1S/C16H13ClF3N3O3/c1-9-2-5-13(14(6-9)23(25)26)22-15(24)8-21-10-3-4-12(17)11(7-10)16(18,19)20/h2-7,21H,8H2,1H3,(H,22,24). The molecule has 2 N–H and O–H groups in total. The number of benzene rings is 2. The molecule has 0 aromatic heterocycles. The lowest BCUT2D eigenvalue weighted by atomic mass is 10.2. The van der Waals surface area contributed by atoms with Crippen molar-refractivity contribution in [1.29, 1.82) is 0 Å². The van der Waals surface area contributed by atoms with E-state index >= 15 is 0 Å². The van der Waals surface area contributed by atoms with Gasteiger partial charge in [0.15, 0.2) is 0 Å². The largest absolute Gasteiger partial charge is 0.417 e. The normalized spacial score (nSPS) is 11.1. The number of aryl methyl sites for hydroxylation is 1. The van der Waals surface area contributed by atoms with Crippen LogP contribution in [0.1, 0.15) is 11.1 Å². The number of rotatable bonds is 5. The summed E-state index contributed by atoms with van der Waals surface area (Å²) >= 11 is 5.52. The first-order chi connectivity index (χ1) is 12.1. The molecule has 0 saturated carbocycles. The van der Waals surface area contributed by atoms with Gasteiger partial charge in [0, 0.05) is 11.8 Å². The van der Waals surface area contributed by atoms with E-state index in [2.05, 4.69) is 10.6 Å². The summed E-state index contributed by atoms with van der Waals surface area (Å²) < 4.78 is 38.4. The quantitative estimate of drug-likeness (QED) is 0.579. The molecule has 0 aliphatic rings. The highest BCUT2D eigenvalue weighted by Gasteiger charge is 2.33. The zero-order valence-electron chi connectivity index (χ0n) is 13.4. The molecule has 10 heteroatoms. The number of carbonyl (C=O) groups excluding carboxylic acids is 1. The van der Waals surface area contributed by atoms with Gasteiger partial charge >= 0.3 is 6.18 Å². The lowest BCUT2D eigenvalue weighted by Gasteiger charge is -2.12. The molecule has 26 heavy (non-hydrogen) atoms. The maximum absolute atomic E-state index is 12.8. The summed E-state index contributed by atoms with van der Waals surface area (Å²) in [4.78, 5) is 22.3. The van der Waals surface area contributed by atoms with Gasteiger partial charge < -0.3 is 10.6 Å². The van der Waals surface area contributed by atoms with E-state index in [0.29, 0.717) is 5.56 Å². The first kappa shape index (κ1) is 19.5. The van der Waals surface area contributed by atoms with E-state index in [1.807, 2.05) is 0 Å². The number of alkyl halides is 3. The molecule has 2 aromatic rings. The lowest BCUT2D eigenvalue weighted by Crippen LogP contribution is -2.22. The maximum atomic E-state index is 12.8. The molecule has 2 rings (SSSR count). The Balaban J connectivity index is 2.08. The van der Waals surface area contributed by atoms with Gasteiger partial charge in [-0.15, -0.1) is 0 Å². The molecule has 0 aliphatic carbocycles. The van der Waals surface area contributed by atoms with Gasteiger partial charge in [-0.2, -0.15) is 13.2 Å². The Kier molecular flexibility index (Phi) is 5.71. The summed E-state index contributed by atoms with van der Waals surface area (Å²) in [6, 6.07) is 7.41. The molecule has 0 bridgehead atoms. The average molecular weight is 388 g/mol. The van der Waals surface area contributed by atoms with Crippen LogP contribution in [0.5, 0.6) is 0 Å². The molecule has 0 saturated heterocycles. The van der Waals surface area contributed by atoms with E-state index in [1.165, 1.54) is 18.2 Å². The van der Waals surface area contributed by atoms with Crippen molar-refractivity contribution >= 4 is 34.6 Å². The van der Waals surface area contributed by atoms with Crippen LogP contribution in [0.25, 0.3) is 0 Å². The van der Waals surface area contributed by atoms with Crippen molar-refractivity contribution in [2.24, 2.45) is 0 Å². The van der Waals surface area contributed by atoms with E-state index in [4.69, 9.17) is 11.6 Å². The molecule has 138 valence electrons. The number of hydrogen-bond acceptors (Lipinski definition) is 4. The first-order valence-corrected chi connectivity index (χ1v) is 7.61. The number of nitrogens with one attached hydrogen (secondary N) is 2. The predicted molar refractivity (Wildman–Crippen MR) is 91.4 cm³/mol. The van der Waals surface area contributed by atoms with Crippen LogP contribution >= 0.6 is 11.6 Å². The Labute approximate surface area is 151 Å². The van der Waals surface area contributed by atoms with E-state index in [0.717, 1.165) is 12.1 Å². The molecule has 1 amide bonds. The monoisotopic (exact) mass is 387 g/mol. The van der Waals surface area contributed by atoms with E-state index in [9.17, 15) is 28.1 Å². The summed E-state index contributed by atoms with van der Waals surface area (Å²) in [5.74, 6) is -0.652. The fourth-order valence-corrected chi connectivity index (χ4v) is 2.35. The average Bonchev–Trinajstić information content (AvgIpc) is 2.54. The van der Waals surface area contributed by atoms with Gasteiger partial charge in [0.2, 0.25) is 5.91 Å². The number of nitro groups is 1. The third kappa shape index (κ3) is 4.85. The van der Waals surface area contributed by atoms with Crippen LogP contribution in [0, 0.1) is 17.0 Å². The molecular weight excluding hydrogens is 375 g/mol. The van der Waals surface area contributed by atoms with Crippen LogP contribution in [0.2, 0.25) is 5.02 Å². The minimum atomic E-state index is -4.63. The zero-order chi connectivity index (χ0) is 19.5. The van der Waals surface area contributed by atoms with Gasteiger partial charge in [0.25, 0.3) is 5.69 Å². The Morgan fingerprint density at radius 2 is 1.92 bits per heavy atom. The van der Waals surface area contributed by atoms with Crippen LogP contribution in [-0.2, 0) is 11.0 Å².